The number of aromatic nitrogens is 2. The van der Waals surface area contributed by atoms with E-state index in [1.54, 1.807) is 25.1 Å². The van der Waals surface area contributed by atoms with Crippen LogP contribution in [0.2, 0.25) is 0 Å². The average Bonchev–Trinajstić information content (AvgIpc) is 3.18. The number of carbonyl (C=O) groups excluding carboxylic acids is 2. The molecule has 0 bridgehead atoms. The van der Waals surface area contributed by atoms with Crippen LogP contribution < -0.4 is 11.4 Å². The third kappa shape index (κ3) is 6.07. The summed E-state index contributed by atoms with van der Waals surface area (Å²) in [7, 11) is 0. The van der Waals surface area contributed by atoms with E-state index in [-0.39, 0.29) is 31.1 Å². The molecule has 1 aliphatic rings. The van der Waals surface area contributed by atoms with Gasteiger partial charge in [-0.15, -0.1) is 0 Å². The highest BCUT2D eigenvalue weighted by molar-refractivity contribution is 5.66. The van der Waals surface area contributed by atoms with E-state index in [1.165, 1.54) is 29.8 Å². The number of para-hydroxylation sites is 1. The highest BCUT2D eigenvalue weighted by Crippen LogP contribution is 2.31. The SMILES string of the molecule is CC(=O)OC[C@H]1O[C@@H](n2ccc(N)nc2=O)C[C@@H]1OC(=O)OCC(C)c1ccccc1[N+](=O)[O-]. The zero-order valence-electron chi connectivity index (χ0n) is 18.5. The van der Waals surface area contributed by atoms with Gasteiger partial charge in [-0.2, -0.15) is 4.98 Å². The number of carbonyl (C=O) groups is 2. The summed E-state index contributed by atoms with van der Waals surface area (Å²) in [6, 6.07) is 7.57. The standard InChI is InChI=1S/C21H24N4O9/c1-12(14-5-3-4-6-15(14)25(29)30)10-32-21(28)34-16-9-19(33-17(16)11-31-13(2)26)24-8-7-18(22)23-20(24)27/h3-8,12,16-17,19H,9-11H2,1-2H3,(H2,22,23,27)/t12?,16-,17+,19+/m0/s1. The number of ether oxygens (including phenoxy) is 4. The molecule has 1 fully saturated rings. The number of hydrogen-bond acceptors (Lipinski definition) is 11. The number of esters is 1. The van der Waals surface area contributed by atoms with E-state index in [2.05, 4.69) is 4.98 Å². The fourth-order valence-electron chi connectivity index (χ4n) is 3.50. The van der Waals surface area contributed by atoms with E-state index in [4.69, 9.17) is 24.7 Å². The topological polar surface area (TPSA) is 175 Å². The maximum atomic E-state index is 12.4. The largest absolute Gasteiger partial charge is 0.508 e. The second kappa shape index (κ2) is 10.7. The molecule has 2 heterocycles. The van der Waals surface area contributed by atoms with Crippen molar-refractivity contribution in [2.24, 2.45) is 0 Å². The Bertz CT molecular complexity index is 1120. The van der Waals surface area contributed by atoms with Crippen LogP contribution in [-0.4, -0.2) is 52.0 Å². The zero-order valence-corrected chi connectivity index (χ0v) is 18.5. The van der Waals surface area contributed by atoms with Gasteiger partial charge in [0.1, 0.15) is 37.5 Å². The Kier molecular flexibility index (Phi) is 7.79. The Morgan fingerprint density at radius 3 is 2.74 bits per heavy atom. The van der Waals surface area contributed by atoms with Crippen molar-refractivity contribution in [3.05, 3.63) is 62.7 Å². The molecule has 34 heavy (non-hydrogen) atoms. The Hall–Kier alpha value is -4.00. The Labute approximate surface area is 193 Å². The minimum absolute atomic E-state index is 0.0415. The number of anilines is 1. The van der Waals surface area contributed by atoms with Gasteiger partial charge >= 0.3 is 17.8 Å². The molecule has 0 radical (unpaired) electrons. The molecule has 0 amide bonds. The Balaban J connectivity index is 1.65. The maximum Gasteiger partial charge on any atom is 0.508 e. The minimum atomic E-state index is -1.03. The summed E-state index contributed by atoms with van der Waals surface area (Å²) < 4.78 is 22.5. The van der Waals surface area contributed by atoms with Crippen LogP contribution in [0.1, 0.15) is 38.0 Å². The Morgan fingerprint density at radius 1 is 1.32 bits per heavy atom. The highest BCUT2D eigenvalue weighted by atomic mass is 16.7. The van der Waals surface area contributed by atoms with Crippen molar-refractivity contribution in [2.75, 3.05) is 18.9 Å². The molecule has 182 valence electrons. The number of nitrogens with zero attached hydrogens (tertiary/aromatic N) is 3. The lowest BCUT2D eigenvalue weighted by Crippen LogP contribution is -2.32. The number of nitro benzene ring substituents is 1. The molecule has 0 saturated carbocycles. The summed E-state index contributed by atoms with van der Waals surface area (Å²) >= 11 is 0. The molecule has 1 unspecified atom stereocenters. The summed E-state index contributed by atoms with van der Waals surface area (Å²) in [5, 5.41) is 11.2. The molecule has 1 aromatic heterocycles. The van der Waals surface area contributed by atoms with E-state index in [9.17, 15) is 24.5 Å². The maximum absolute atomic E-state index is 12.4. The highest BCUT2D eigenvalue weighted by Gasteiger charge is 2.40. The molecule has 1 aliphatic heterocycles. The first kappa shape index (κ1) is 24.6. The van der Waals surface area contributed by atoms with Crippen molar-refractivity contribution in [3.8, 4) is 0 Å². The number of rotatable bonds is 8. The van der Waals surface area contributed by atoms with Gasteiger partial charge in [-0.3, -0.25) is 19.5 Å². The van der Waals surface area contributed by atoms with E-state index in [0.29, 0.717) is 5.56 Å². The van der Waals surface area contributed by atoms with Crippen molar-refractivity contribution in [1.29, 1.82) is 0 Å². The fraction of sp³-hybridized carbons (Fsp3) is 0.429. The van der Waals surface area contributed by atoms with Gasteiger partial charge in [0.15, 0.2) is 0 Å². The second-order valence-electron chi connectivity index (χ2n) is 7.64. The first-order valence-corrected chi connectivity index (χ1v) is 10.4. The molecular weight excluding hydrogens is 452 g/mol. The van der Waals surface area contributed by atoms with E-state index in [0.717, 1.165) is 0 Å². The summed E-state index contributed by atoms with van der Waals surface area (Å²) in [5.74, 6) is -0.990. The van der Waals surface area contributed by atoms with Gasteiger partial charge in [-0.25, -0.2) is 9.59 Å². The summed E-state index contributed by atoms with van der Waals surface area (Å²) in [4.78, 5) is 50.1. The lowest BCUT2D eigenvalue weighted by atomic mass is 10.0. The van der Waals surface area contributed by atoms with Gasteiger partial charge in [0.2, 0.25) is 0 Å². The van der Waals surface area contributed by atoms with Crippen molar-refractivity contribution in [2.45, 2.75) is 44.6 Å². The van der Waals surface area contributed by atoms with Crippen LogP contribution >= 0.6 is 0 Å². The monoisotopic (exact) mass is 476 g/mol. The molecule has 13 heteroatoms. The minimum Gasteiger partial charge on any atom is -0.463 e. The molecule has 2 N–H and O–H groups in total. The Morgan fingerprint density at radius 2 is 2.06 bits per heavy atom. The van der Waals surface area contributed by atoms with Crippen LogP contribution in [-0.2, 0) is 23.7 Å². The summed E-state index contributed by atoms with van der Waals surface area (Å²) in [6.07, 6.45) is -2.18. The van der Waals surface area contributed by atoms with Crippen LogP contribution in [0.3, 0.4) is 0 Å². The van der Waals surface area contributed by atoms with E-state index in [1.807, 2.05) is 0 Å². The summed E-state index contributed by atoms with van der Waals surface area (Å²) in [5.41, 5.74) is 5.18. The van der Waals surface area contributed by atoms with Crippen molar-refractivity contribution in [1.82, 2.24) is 9.55 Å². The molecule has 1 aromatic carbocycles. The molecular formula is C21H24N4O9. The fourth-order valence-corrected chi connectivity index (χ4v) is 3.50. The number of nitrogens with two attached hydrogens (primary N) is 1. The lowest BCUT2D eigenvalue weighted by molar-refractivity contribution is -0.385. The predicted octanol–water partition coefficient (Wildman–Crippen LogP) is 1.91. The van der Waals surface area contributed by atoms with Crippen LogP contribution in [0, 0.1) is 10.1 Å². The van der Waals surface area contributed by atoms with Gasteiger partial charge in [0, 0.05) is 37.1 Å². The number of nitrogen functional groups attached to an aromatic ring is 1. The van der Waals surface area contributed by atoms with Crippen LogP contribution in [0.4, 0.5) is 16.3 Å². The van der Waals surface area contributed by atoms with Gasteiger partial charge in [0.25, 0.3) is 5.69 Å². The third-order valence-electron chi connectivity index (χ3n) is 5.16. The van der Waals surface area contributed by atoms with Crippen molar-refractivity contribution >= 4 is 23.6 Å². The molecule has 2 aromatic rings. The normalized spacial score (nSPS) is 20.4. The molecule has 1 saturated heterocycles. The average molecular weight is 476 g/mol. The van der Waals surface area contributed by atoms with Gasteiger partial charge in [0.05, 0.1) is 4.92 Å². The first-order valence-electron chi connectivity index (χ1n) is 10.4. The van der Waals surface area contributed by atoms with Crippen LogP contribution in [0.25, 0.3) is 0 Å². The molecule has 0 spiro atoms. The van der Waals surface area contributed by atoms with Crippen molar-refractivity contribution in [3.63, 3.8) is 0 Å². The van der Waals surface area contributed by atoms with Crippen LogP contribution in [0.15, 0.2) is 41.3 Å². The third-order valence-corrected chi connectivity index (χ3v) is 5.16. The predicted molar refractivity (Wildman–Crippen MR) is 116 cm³/mol. The molecule has 0 aliphatic carbocycles. The van der Waals surface area contributed by atoms with Crippen molar-refractivity contribution < 1.29 is 33.5 Å². The van der Waals surface area contributed by atoms with Crippen LogP contribution in [0.5, 0.6) is 0 Å². The number of nitro groups is 1. The molecule has 3 rings (SSSR count). The second-order valence-corrected chi connectivity index (χ2v) is 7.64. The smallest absolute Gasteiger partial charge is 0.463 e. The van der Waals surface area contributed by atoms with E-state index >= 15 is 0 Å². The van der Waals surface area contributed by atoms with Gasteiger partial charge < -0.3 is 24.7 Å². The van der Waals surface area contributed by atoms with E-state index < -0.39 is 47.1 Å². The zero-order chi connectivity index (χ0) is 24.8. The number of hydrogen-bond donors (Lipinski definition) is 1. The molecule has 4 atom stereocenters. The first-order chi connectivity index (χ1) is 16.2. The van der Waals surface area contributed by atoms with Gasteiger partial charge in [-0.05, 0) is 6.07 Å². The quantitative estimate of drug-likeness (QED) is 0.334. The lowest BCUT2D eigenvalue weighted by Gasteiger charge is -2.19. The molecule has 13 nitrogen and oxygen atoms in total. The summed E-state index contributed by atoms with van der Waals surface area (Å²) in [6.45, 7) is 2.51. The van der Waals surface area contributed by atoms with Gasteiger partial charge in [-0.1, -0.05) is 25.1 Å². The number of benzene rings is 1.